The minimum Gasteiger partial charge on any atom is -0.494 e. The molecule has 2 aromatic carbocycles. The normalized spacial score (nSPS) is 16.7. The maximum atomic E-state index is 11.8. The molecule has 3 rings (SSSR count). The Morgan fingerprint density at radius 3 is 1.75 bits per heavy atom. The molecule has 1 aliphatic heterocycles. The van der Waals surface area contributed by atoms with E-state index in [1.165, 1.54) is 0 Å². The molecular weight excluding hydrogens is 354 g/mol. The third kappa shape index (κ3) is 4.30. The number of rotatable bonds is 9. The maximum absolute atomic E-state index is 11.8. The van der Waals surface area contributed by atoms with Crippen LogP contribution in [0.4, 0.5) is 0 Å². The van der Waals surface area contributed by atoms with Crippen LogP contribution in [0, 0.1) is 0 Å². The Balaban J connectivity index is 1.92. The first-order valence-electron chi connectivity index (χ1n) is 10.1. The van der Waals surface area contributed by atoms with Gasteiger partial charge >= 0.3 is 0 Å². The van der Waals surface area contributed by atoms with Gasteiger partial charge in [0.15, 0.2) is 0 Å². The molecule has 0 bridgehead atoms. The largest absolute Gasteiger partial charge is 0.494 e. The van der Waals surface area contributed by atoms with Crippen molar-refractivity contribution >= 4 is 5.91 Å². The number of nitrogens with one attached hydrogen (secondary N) is 1. The van der Waals surface area contributed by atoms with Gasteiger partial charge in [-0.25, -0.2) is 0 Å². The summed E-state index contributed by atoms with van der Waals surface area (Å²) in [5, 5.41) is 14.7. The number of benzene rings is 2. The van der Waals surface area contributed by atoms with Gasteiger partial charge in [-0.05, 0) is 54.7 Å². The maximum Gasteiger partial charge on any atom is 0.220 e. The molecule has 150 valence electrons. The number of ether oxygens (including phenoxy) is 2. The second-order valence-electron chi connectivity index (χ2n) is 7.17. The molecule has 0 radical (unpaired) electrons. The lowest BCUT2D eigenvalue weighted by Crippen LogP contribution is -2.47. The predicted molar refractivity (Wildman–Crippen MR) is 109 cm³/mol. The zero-order valence-electron chi connectivity index (χ0n) is 16.6. The van der Waals surface area contributed by atoms with Gasteiger partial charge in [0.05, 0.1) is 19.3 Å². The number of aliphatic hydroxyl groups is 1. The fourth-order valence-corrected chi connectivity index (χ4v) is 3.55. The Kier molecular flexibility index (Phi) is 6.57. The lowest BCUT2D eigenvalue weighted by molar-refractivity contribution is -0.120. The number of amides is 1. The smallest absolute Gasteiger partial charge is 0.220 e. The van der Waals surface area contributed by atoms with E-state index in [2.05, 4.69) is 19.2 Å². The predicted octanol–water partition coefficient (Wildman–Crippen LogP) is 3.78. The zero-order chi connectivity index (χ0) is 20.0. The molecule has 1 heterocycles. The van der Waals surface area contributed by atoms with Crippen molar-refractivity contribution in [3.63, 3.8) is 0 Å². The van der Waals surface area contributed by atoms with Gasteiger partial charge in [-0.15, -0.1) is 0 Å². The highest BCUT2D eigenvalue weighted by molar-refractivity contribution is 5.79. The molecule has 0 spiro atoms. The van der Waals surface area contributed by atoms with Gasteiger partial charge < -0.3 is 19.9 Å². The van der Waals surface area contributed by atoms with E-state index in [1.807, 2.05) is 48.5 Å². The fraction of sp³-hybridized carbons (Fsp3) is 0.435. The third-order valence-electron chi connectivity index (χ3n) is 5.03. The summed E-state index contributed by atoms with van der Waals surface area (Å²) in [6.45, 7) is 5.43. The number of carbonyl (C=O) groups is 1. The Morgan fingerprint density at radius 1 is 0.929 bits per heavy atom. The van der Waals surface area contributed by atoms with E-state index in [0.717, 1.165) is 35.5 Å². The highest BCUT2D eigenvalue weighted by atomic mass is 16.5. The van der Waals surface area contributed by atoms with Crippen molar-refractivity contribution in [2.75, 3.05) is 13.2 Å². The lowest BCUT2D eigenvalue weighted by atomic mass is 9.79. The van der Waals surface area contributed by atoms with E-state index < -0.39 is 5.60 Å². The van der Waals surface area contributed by atoms with Gasteiger partial charge in [0.25, 0.3) is 0 Å². The molecule has 28 heavy (non-hydrogen) atoms. The van der Waals surface area contributed by atoms with Crippen molar-refractivity contribution < 1.29 is 19.4 Å². The Morgan fingerprint density at radius 2 is 1.39 bits per heavy atom. The first-order valence-corrected chi connectivity index (χ1v) is 10.1. The summed E-state index contributed by atoms with van der Waals surface area (Å²) in [6.07, 6.45) is 2.87. The third-order valence-corrected chi connectivity index (χ3v) is 5.03. The topological polar surface area (TPSA) is 67.8 Å². The van der Waals surface area contributed by atoms with Crippen molar-refractivity contribution in [1.29, 1.82) is 0 Å². The second kappa shape index (κ2) is 9.11. The van der Waals surface area contributed by atoms with Crippen LogP contribution in [0.25, 0.3) is 0 Å². The highest BCUT2D eigenvalue weighted by Crippen LogP contribution is 2.38. The van der Waals surface area contributed by atoms with Crippen LogP contribution in [0.1, 0.15) is 50.7 Å². The van der Waals surface area contributed by atoms with E-state index >= 15 is 0 Å². The second-order valence-corrected chi connectivity index (χ2v) is 7.17. The number of hydrogen-bond donors (Lipinski definition) is 2. The van der Waals surface area contributed by atoms with Crippen molar-refractivity contribution in [2.24, 2.45) is 0 Å². The van der Waals surface area contributed by atoms with Crippen LogP contribution >= 0.6 is 0 Å². The van der Waals surface area contributed by atoms with E-state index in [1.54, 1.807) is 0 Å². The van der Waals surface area contributed by atoms with E-state index in [-0.39, 0.29) is 11.9 Å². The van der Waals surface area contributed by atoms with Crippen molar-refractivity contribution in [3.8, 4) is 11.5 Å². The van der Waals surface area contributed by atoms with Crippen LogP contribution < -0.4 is 14.8 Å². The summed E-state index contributed by atoms with van der Waals surface area (Å²) in [5.41, 5.74) is 0.134. The average molecular weight is 383 g/mol. The van der Waals surface area contributed by atoms with Crippen LogP contribution in [0.3, 0.4) is 0 Å². The van der Waals surface area contributed by atoms with Crippen LogP contribution in [0.15, 0.2) is 48.5 Å². The van der Waals surface area contributed by atoms with Gasteiger partial charge in [0, 0.05) is 6.42 Å². The monoisotopic (exact) mass is 383 g/mol. The number of hydrogen-bond acceptors (Lipinski definition) is 4. The minimum atomic E-state index is -1.32. The van der Waals surface area contributed by atoms with Gasteiger partial charge in [0.1, 0.15) is 17.1 Å². The van der Waals surface area contributed by atoms with E-state index in [0.29, 0.717) is 26.1 Å². The number of carbonyl (C=O) groups excluding carboxylic acids is 1. The van der Waals surface area contributed by atoms with E-state index in [4.69, 9.17) is 9.47 Å². The molecule has 5 heteroatoms. The Labute approximate surface area is 166 Å². The summed E-state index contributed by atoms with van der Waals surface area (Å²) in [6, 6.07) is 14.6. The van der Waals surface area contributed by atoms with E-state index in [9.17, 15) is 9.90 Å². The van der Waals surface area contributed by atoms with Gasteiger partial charge in [0.2, 0.25) is 5.91 Å². The zero-order valence-corrected chi connectivity index (χ0v) is 16.6. The highest BCUT2D eigenvalue weighted by Gasteiger charge is 2.43. The molecule has 0 saturated carbocycles. The molecule has 0 unspecified atom stereocenters. The molecule has 0 aromatic heterocycles. The summed E-state index contributed by atoms with van der Waals surface area (Å²) < 4.78 is 11.3. The molecule has 1 saturated heterocycles. The molecule has 1 amide bonds. The molecular formula is C23H29NO4. The molecule has 2 aromatic rings. The van der Waals surface area contributed by atoms with Gasteiger partial charge in [-0.2, -0.15) is 0 Å². The van der Waals surface area contributed by atoms with Crippen LogP contribution in [-0.4, -0.2) is 30.3 Å². The SMILES string of the molecule is CCCOc1ccc(C(O)(c2ccc(OCCC)cc2)[C@@H]2CCC(=O)N2)cc1. The first-order chi connectivity index (χ1) is 13.6. The lowest BCUT2D eigenvalue weighted by Gasteiger charge is -2.35. The Hall–Kier alpha value is -2.53. The van der Waals surface area contributed by atoms with Crippen molar-refractivity contribution in [2.45, 2.75) is 51.2 Å². The van der Waals surface area contributed by atoms with Crippen LogP contribution in [0.5, 0.6) is 11.5 Å². The fourth-order valence-electron chi connectivity index (χ4n) is 3.55. The summed E-state index contributed by atoms with van der Waals surface area (Å²) in [7, 11) is 0. The van der Waals surface area contributed by atoms with Crippen molar-refractivity contribution in [1.82, 2.24) is 5.32 Å². The standard InChI is InChI=1S/C23H29NO4/c1-3-15-27-19-9-5-17(6-10-19)23(26,21-13-14-22(25)24-21)18-7-11-20(12-8-18)28-16-4-2/h5-12,21,26H,3-4,13-16H2,1-2H3,(H,24,25)/t21-/m0/s1. The Bertz CT molecular complexity index is 719. The molecule has 1 atom stereocenters. The van der Waals surface area contributed by atoms with Crippen LogP contribution in [0.2, 0.25) is 0 Å². The van der Waals surface area contributed by atoms with Crippen molar-refractivity contribution in [3.05, 3.63) is 59.7 Å². The summed E-state index contributed by atoms with van der Waals surface area (Å²) in [5.74, 6) is 1.51. The van der Waals surface area contributed by atoms with Gasteiger partial charge in [-0.3, -0.25) is 4.79 Å². The molecule has 2 N–H and O–H groups in total. The molecule has 0 aliphatic carbocycles. The minimum absolute atomic E-state index is 0.0331. The molecule has 5 nitrogen and oxygen atoms in total. The van der Waals surface area contributed by atoms with Gasteiger partial charge in [-0.1, -0.05) is 38.1 Å². The first kappa shape index (κ1) is 20.2. The molecule has 1 fully saturated rings. The summed E-state index contributed by atoms with van der Waals surface area (Å²) >= 11 is 0. The molecule has 1 aliphatic rings. The summed E-state index contributed by atoms with van der Waals surface area (Å²) in [4.78, 5) is 11.8. The van der Waals surface area contributed by atoms with Crippen LogP contribution in [-0.2, 0) is 10.4 Å². The average Bonchev–Trinajstić information content (AvgIpc) is 3.17. The quantitative estimate of drug-likeness (QED) is 0.692.